The van der Waals surface area contributed by atoms with Gasteiger partial charge in [0.2, 0.25) is 0 Å². The standard InChI is InChI=1S/C4H10B2N2/c1-8-4(6,2-5)3-7/h8H,2-3,7H2,1H3. The molecule has 0 aliphatic carbocycles. The van der Waals surface area contributed by atoms with Crippen molar-refractivity contribution in [2.24, 2.45) is 5.73 Å². The highest BCUT2D eigenvalue weighted by atomic mass is 14.9. The molecule has 1 unspecified atom stereocenters. The summed E-state index contributed by atoms with van der Waals surface area (Å²) >= 11 is 0. The third-order valence-electron chi connectivity index (χ3n) is 1.23. The molecule has 0 aliphatic heterocycles. The van der Waals surface area contributed by atoms with Gasteiger partial charge in [0, 0.05) is 6.54 Å². The molecule has 0 aliphatic rings. The van der Waals surface area contributed by atoms with Gasteiger partial charge in [-0.05, 0) is 12.5 Å². The fourth-order valence-corrected chi connectivity index (χ4v) is 0.287. The number of nitrogens with one attached hydrogen (secondary N) is 1. The van der Waals surface area contributed by atoms with E-state index in [1.54, 1.807) is 7.05 Å². The Hall–Kier alpha value is 0.0499. The molecule has 0 aromatic heterocycles. The summed E-state index contributed by atoms with van der Waals surface area (Å²) in [5, 5.41) is 2.81. The SMILES string of the molecule is [B]CC([B])(CN)NC. The zero-order chi connectivity index (χ0) is 6.62. The van der Waals surface area contributed by atoms with E-state index in [1.165, 1.54) is 0 Å². The second kappa shape index (κ2) is 3.15. The predicted octanol–water partition coefficient (Wildman–Crippen LogP) is -1.38. The molecule has 0 saturated heterocycles. The van der Waals surface area contributed by atoms with Crippen molar-refractivity contribution in [1.29, 1.82) is 0 Å². The van der Waals surface area contributed by atoms with Crippen molar-refractivity contribution in [2.45, 2.75) is 11.8 Å². The Balaban J connectivity index is 3.58. The topological polar surface area (TPSA) is 38.0 Å². The van der Waals surface area contributed by atoms with Crippen LogP contribution < -0.4 is 11.1 Å². The van der Waals surface area contributed by atoms with Gasteiger partial charge in [0.1, 0.15) is 0 Å². The van der Waals surface area contributed by atoms with E-state index in [1.807, 2.05) is 0 Å². The maximum Gasteiger partial charge on any atom is 0.0960 e. The van der Waals surface area contributed by atoms with E-state index in [0.717, 1.165) is 0 Å². The summed E-state index contributed by atoms with van der Waals surface area (Å²) in [5.74, 6) is 0. The highest BCUT2D eigenvalue weighted by Crippen LogP contribution is 1.97. The lowest BCUT2D eigenvalue weighted by atomic mass is 9.69. The zero-order valence-electron chi connectivity index (χ0n) is 5.15. The van der Waals surface area contributed by atoms with E-state index in [-0.39, 0.29) is 0 Å². The lowest BCUT2D eigenvalue weighted by molar-refractivity contribution is 0.552. The van der Waals surface area contributed by atoms with E-state index in [2.05, 4.69) is 5.32 Å². The maximum absolute atomic E-state index is 5.53. The van der Waals surface area contributed by atoms with Gasteiger partial charge < -0.3 is 11.1 Å². The minimum atomic E-state index is -0.569. The number of hydrogen-bond acceptors (Lipinski definition) is 2. The van der Waals surface area contributed by atoms with Crippen molar-refractivity contribution in [3.05, 3.63) is 0 Å². The molecule has 0 rings (SSSR count). The first-order valence-corrected chi connectivity index (χ1v) is 2.56. The van der Waals surface area contributed by atoms with Crippen LogP contribution in [0.15, 0.2) is 0 Å². The van der Waals surface area contributed by atoms with Crippen LogP contribution in [0.2, 0.25) is 6.32 Å². The van der Waals surface area contributed by atoms with Gasteiger partial charge in [0.05, 0.1) is 15.7 Å². The predicted molar refractivity (Wildman–Crippen MR) is 37.2 cm³/mol. The third-order valence-corrected chi connectivity index (χ3v) is 1.23. The van der Waals surface area contributed by atoms with Crippen LogP contribution in [-0.2, 0) is 0 Å². The molecule has 4 radical (unpaired) electrons. The first kappa shape index (κ1) is 8.05. The normalized spacial score (nSPS) is 17.8. The lowest BCUT2D eigenvalue weighted by Crippen LogP contribution is -2.49. The van der Waals surface area contributed by atoms with Crippen LogP contribution in [0, 0.1) is 0 Å². The van der Waals surface area contributed by atoms with E-state index in [9.17, 15) is 0 Å². The van der Waals surface area contributed by atoms with Gasteiger partial charge in [-0.15, -0.1) is 0 Å². The van der Waals surface area contributed by atoms with E-state index in [4.69, 9.17) is 21.4 Å². The van der Waals surface area contributed by atoms with Gasteiger partial charge >= 0.3 is 0 Å². The highest BCUT2D eigenvalue weighted by molar-refractivity contribution is 6.22. The summed E-state index contributed by atoms with van der Waals surface area (Å²) in [4.78, 5) is 0. The van der Waals surface area contributed by atoms with Crippen molar-refractivity contribution >= 4 is 15.7 Å². The first-order chi connectivity index (χ1) is 3.68. The van der Waals surface area contributed by atoms with Crippen molar-refractivity contribution in [1.82, 2.24) is 5.32 Å². The summed E-state index contributed by atoms with van der Waals surface area (Å²) in [7, 11) is 12.5. The Labute approximate surface area is 53.0 Å². The largest absolute Gasteiger partial charge is 0.329 e. The smallest absolute Gasteiger partial charge is 0.0960 e. The monoisotopic (exact) mass is 108 g/mol. The molecule has 42 valence electrons. The zero-order valence-corrected chi connectivity index (χ0v) is 5.15. The van der Waals surface area contributed by atoms with Crippen LogP contribution in [0.3, 0.4) is 0 Å². The Morgan fingerprint density at radius 2 is 2.25 bits per heavy atom. The van der Waals surface area contributed by atoms with Gasteiger partial charge in [-0.3, -0.25) is 0 Å². The van der Waals surface area contributed by atoms with E-state index < -0.39 is 5.44 Å². The average Bonchev–Trinajstić information content (AvgIpc) is 1.87. The van der Waals surface area contributed by atoms with Crippen LogP contribution in [0.1, 0.15) is 0 Å². The van der Waals surface area contributed by atoms with E-state index >= 15 is 0 Å². The van der Waals surface area contributed by atoms with Crippen LogP contribution in [0.4, 0.5) is 0 Å². The minimum absolute atomic E-state index is 0.361. The van der Waals surface area contributed by atoms with Crippen LogP contribution >= 0.6 is 0 Å². The van der Waals surface area contributed by atoms with Crippen molar-refractivity contribution < 1.29 is 0 Å². The second-order valence-electron chi connectivity index (χ2n) is 1.81. The summed E-state index contributed by atoms with van der Waals surface area (Å²) in [5.41, 5.74) is 4.69. The third kappa shape index (κ3) is 1.88. The molecule has 0 fully saturated rings. The van der Waals surface area contributed by atoms with Gasteiger partial charge in [-0.25, -0.2) is 0 Å². The fraction of sp³-hybridized carbons (Fsp3) is 1.00. The van der Waals surface area contributed by atoms with Crippen LogP contribution in [0.25, 0.3) is 0 Å². The summed E-state index contributed by atoms with van der Waals surface area (Å²) < 4.78 is 0. The lowest BCUT2D eigenvalue weighted by Gasteiger charge is -2.26. The molecule has 0 spiro atoms. The van der Waals surface area contributed by atoms with Gasteiger partial charge in [0.15, 0.2) is 0 Å². The van der Waals surface area contributed by atoms with E-state index in [0.29, 0.717) is 12.9 Å². The molecule has 1 atom stereocenters. The van der Waals surface area contributed by atoms with Crippen molar-refractivity contribution in [3.8, 4) is 0 Å². The van der Waals surface area contributed by atoms with Crippen molar-refractivity contribution in [3.63, 3.8) is 0 Å². The molecular weight excluding hydrogens is 97.7 g/mol. The molecule has 0 aromatic carbocycles. The first-order valence-electron chi connectivity index (χ1n) is 2.56. The molecular formula is C4H10B2N2. The number of nitrogens with two attached hydrogens (primary N) is 1. The number of hydrogen-bond donors (Lipinski definition) is 2. The van der Waals surface area contributed by atoms with Crippen molar-refractivity contribution in [2.75, 3.05) is 13.6 Å². The molecule has 0 saturated carbocycles. The molecule has 8 heavy (non-hydrogen) atoms. The maximum atomic E-state index is 5.53. The van der Waals surface area contributed by atoms with Gasteiger partial charge in [-0.2, -0.15) is 0 Å². The molecule has 4 heteroatoms. The van der Waals surface area contributed by atoms with Gasteiger partial charge in [-0.1, -0.05) is 6.32 Å². The Kier molecular flexibility index (Phi) is 3.17. The summed E-state index contributed by atoms with van der Waals surface area (Å²) in [6.07, 6.45) is 0.361. The summed E-state index contributed by atoms with van der Waals surface area (Å²) in [6, 6.07) is 0. The molecule has 3 N–H and O–H groups in total. The Morgan fingerprint density at radius 3 is 2.25 bits per heavy atom. The molecule has 0 heterocycles. The molecule has 0 aromatic rings. The van der Waals surface area contributed by atoms with Crippen LogP contribution in [0.5, 0.6) is 0 Å². The highest BCUT2D eigenvalue weighted by Gasteiger charge is 2.14. The minimum Gasteiger partial charge on any atom is -0.329 e. The molecule has 0 amide bonds. The fourth-order valence-electron chi connectivity index (χ4n) is 0.287. The molecule has 2 nitrogen and oxygen atoms in total. The molecule has 0 bridgehead atoms. The Morgan fingerprint density at radius 1 is 1.75 bits per heavy atom. The van der Waals surface area contributed by atoms with Crippen LogP contribution in [-0.4, -0.2) is 34.7 Å². The Bertz CT molecular complexity index is 54.8. The summed E-state index contributed by atoms with van der Waals surface area (Å²) in [6.45, 7) is 0.361. The number of rotatable bonds is 3. The quantitative estimate of drug-likeness (QED) is 0.437. The van der Waals surface area contributed by atoms with Gasteiger partial charge in [0.25, 0.3) is 0 Å². The second-order valence-corrected chi connectivity index (χ2v) is 1.81. The average molecular weight is 108 g/mol. The number of likely N-dealkylation sites (N-methyl/N-ethyl adjacent to an activating group) is 1.